The number of amides is 1. The van der Waals surface area contributed by atoms with Gasteiger partial charge < -0.3 is 24.2 Å². The van der Waals surface area contributed by atoms with Gasteiger partial charge in [0.1, 0.15) is 5.82 Å². The monoisotopic (exact) mass is 593 g/mol. The molecule has 0 spiro atoms. The highest BCUT2D eigenvalue weighted by Gasteiger charge is 2.27. The molecule has 0 radical (unpaired) electrons. The Morgan fingerprint density at radius 3 is 2.45 bits per heavy atom. The van der Waals surface area contributed by atoms with Crippen molar-refractivity contribution in [2.24, 2.45) is 0 Å². The number of carbonyl (C=O) groups is 2. The van der Waals surface area contributed by atoms with E-state index in [1.165, 1.54) is 24.0 Å². The van der Waals surface area contributed by atoms with E-state index in [1.807, 2.05) is 23.1 Å². The van der Waals surface area contributed by atoms with Gasteiger partial charge in [-0.2, -0.15) is 0 Å². The average molecular weight is 594 g/mol. The Hall–Kier alpha value is -4.21. The van der Waals surface area contributed by atoms with Crippen molar-refractivity contribution in [3.63, 3.8) is 0 Å². The molecule has 7 rings (SSSR count). The molecule has 44 heavy (non-hydrogen) atoms. The summed E-state index contributed by atoms with van der Waals surface area (Å²) in [6.07, 6.45) is 3.69. The Morgan fingerprint density at radius 1 is 0.977 bits per heavy atom. The number of anilines is 2. The van der Waals surface area contributed by atoms with Gasteiger partial charge in [0.2, 0.25) is 0 Å². The van der Waals surface area contributed by atoms with Crippen molar-refractivity contribution in [2.75, 3.05) is 44.7 Å². The molecule has 228 valence electrons. The SMILES string of the molecule is Cc1cc(C2CC2)ccc1N(C)c1cccc(C(=O)N2CCN(Cc3nc4ccc(C(=O)O)cc4n3C[C@@H]3CCO3)CC2)c1. The first kappa shape index (κ1) is 28.6. The van der Waals surface area contributed by atoms with E-state index in [0.29, 0.717) is 31.7 Å². The molecule has 1 aliphatic carbocycles. The van der Waals surface area contributed by atoms with Crippen molar-refractivity contribution in [3.05, 3.63) is 88.7 Å². The summed E-state index contributed by atoms with van der Waals surface area (Å²) in [5, 5.41) is 9.53. The van der Waals surface area contributed by atoms with Crippen LogP contribution in [0.4, 0.5) is 11.4 Å². The second kappa shape index (κ2) is 11.7. The number of aromatic carboxylic acids is 1. The van der Waals surface area contributed by atoms with Gasteiger partial charge in [0.15, 0.2) is 0 Å². The number of carboxylic acids is 1. The molecular formula is C35H39N5O4. The standard InChI is InChI=1S/C35H39N5O4/c1-23-18-25(24-6-7-24)9-11-31(23)37(2)28-5-3-4-26(19-28)34(41)39-15-13-38(14-16-39)22-33-36-30-10-8-27(35(42)43)20-32(30)40(33)21-29-12-17-44-29/h3-5,8-11,18-20,24,29H,6-7,12-17,21-22H2,1-2H3,(H,42,43)/t29-/m0/s1. The molecule has 4 aromatic rings. The largest absolute Gasteiger partial charge is 0.478 e. The number of nitrogens with zero attached hydrogens (tertiary/aromatic N) is 5. The lowest BCUT2D eigenvalue weighted by Crippen LogP contribution is -2.48. The van der Waals surface area contributed by atoms with Crippen LogP contribution in [-0.2, 0) is 17.8 Å². The van der Waals surface area contributed by atoms with Crippen LogP contribution >= 0.6 is 0 Å². The number of carboxylic acid groups (broad SMARTS) is 1. The number of hydrogen-bond donors (Lipinski definition) is 1. The van der Waals surface area contributed by atoms with Gasteiger partial charge in [0.05, 0.1) is 35.8 Å². The smallest absolute Gasteiger partial charge is 0.335 e. The normalized spacial score (nSPS) is 18.8. The van der Waals surface area contributed by atoms with Gasteiger partial charge >= 0.3 is 5.97 Å². The Labute approximate surface area is 257 Å². The second-order valence-corrected chi connectivity index (χ2v) is 12.4. The predicted octanol–water partition coefficient (Wildman–Crippen LogP) is 5.44. The van der Waals surface area contributed by atoms with Gasteiger partial charge in [0, 0.05) is 56.8 Å². The lowest BCUT2D eigenvalue weighted by Gasteiger charge is -2.35. The first-order valence-electron chi connectivity index (χ1n) is 15.6. The molecule has 9 heteroatoms. The molecule has 2 aliphatic heterocycles. The van der Waals surface area contributed by atoms with E-state index in [4.69, 9.17) is 9.72 Å². The summed E-state index contributed by atoms with van der Waals surface area (Å²) in [7, 11) is 2.06. The number of fused-ring (bicyclic) bond motifs is 1. The van der Waals surface area contributed by atoms with Crippen LogP contribution in [-0.4, -0.2) is 82.3 Å². The summed E-state index contributed by atoms with van der Waals surface area (Å²) < 4.78 is 7.82. The topological polar surface area (TPSA) is 91.1 Å². The highest BCUT2D eigenvalue weighted by atomic mass is 16.5. The summed E-state index contributed by atoms with van der Waals surface area (Å²) in [4.78, 5) is 36.5. The molecule has 9 nitrogen and oxygen atoms in total. The zero-order valence-electron chi connectivity index (χ0n) is 25.4. The van der Waals surface area contributed by atoms with Crippen LogP contribution in [0.3, 0.4) is 0 Å². The molecule has 3 aliphatic rings. The minimum Gasteiger partial charge on any atom is -0.478 e. The quantitative estimate of drug-likeness (QED) is 0.277. The minimum absolute atomic E-state index is 0.0521. The summed E-state index contributed by atoms with van der Waals surface area (Å²) in [6, 6.07) is 19.8. The van der Waals surface area contributed by atoms with Crippen LogP contribution < -0.4 is 4.90 Å². The van der Waals surface area contributed by atoms with Gasteiger partial charge in [-0.3, -0.25) is 9.69 Å². The number of benzene rings is 3. The number of ether oxygens (including phenoxy) is 1. The van der Waals surface area contributed by atoms with Crippen molar-refractivity contribution in [1.82, 2.24) is 19.4 Å². The Balaban J connectivity index is 1.02. The van der Waals surface area contributed by atoms with Crippen molar-refractivity contribution in [2.45, 2.75) is 51.3 Å². The fourth-order valence-electron chi connectivity index (χ4n) is 6.47. The molecule has 1 atom stereocenters. The van der Waals surface area contributed by atoms with E-state index >= 15 is 0 Å². The van der Waals surface area contributed by atoms with Crippen molar-refractivity contribution >= 4 is 34.3 Å². The highest BCUT2D eigenvalue weighted by molar-refractivity contribution is 5.95. The van der Waals surface area contributed by atoms with Crippen LogP contribution in [0.25, 0.3) is 11.0 Å². The molecule has 2 saturated heterocycles. The number of aromatic nitrogens is 2. The Bertz CT molecular complexity index is 1720. The molecule has 0 bridgehead atoms. The molecule has 1 saturated carbocycles. The van der Waals surface area contributed by atoms with Crippen LogP contribution in [0.1, 0.15) is 62.8 Å². The van der Waals surface area contributed by atoms with Gasteiger partial charge in [-0.15, -0.1) is 0 Å². The van der Waals surface area contributed by atoms with E-state index in [1.54, 1.807) is 18.2 Å². The number of aryl methyl sites for hydroxylation is 1. The zero-order valence-corrected chi connectivity index (χ0v) is 25.4. The number of hydrogen-bond acceptors (Lipinski definition) is 6. The third kappa shape index (κ3) is 5.69. The fraction of sp³-hybridized carbons (Fsp3) is 0.400. The van der Waals surface area contributed by atoms with Gasteiger partial charge in [-0.05, 0) is 85.7 Å². The molecule has 0 unspecified atom stereocenters. The molecule has 1 aromatic heterocycles. The van der Waals surface area contributed by atoms with E-state index < -0.39 is 5.97 Å². The fourth-order valence-corrected chi connectivity index (χ4v) is 6.47. The van der Waals surface area contributed by atoms with Crippen LogP contribution in [0, 0.1) is 6.92 Å². The maximum atomic E-state index is 13.6. The van der Waals surface area contributed by atoms with E-state index in [0.717, 1.165) is 60.3 Å². The lowest BCUT2D eigenvalue weighted by atomic mass is 10.0. The van der Waals surface area contributed by atoms with E-state index in [2.05, 4.69) is 52.6 Å². The third-order valence-electron chi connectivity index (χ3n) is 9.39. The number of piperazine rings is 1. The molecular weight excluding hydrogens is 554 g/mol. The Morgan fingerprint density at radius 2 is 1.77 bits per heavy atom. The van der Waals surface area contributed by atoms with Gasteiger partial charge in [0.25, 0.3) is 5.91 Å². The predicted molar refractivity (Wildman–Crippen MR) is 170 cm³/mol. The maximum absolute atomic E-state index is 13.6. The Kier molecular flexibility index (Phi) is 7.60. The molecule has 3 aromatic carbocycles. The van der Waals surface area contributed by atoms with Crippen LogP contribution in [0.5, 0.6) is 0 Å². The summed E-state index contributed by atoms with van der Waals surface area (Å²) >= 11 is 0. The minimum atomic E-state index is -0.947. The zero-order chi connectivity index (χ0) is 30.4. The van der Waals surface area contributed by atoms with Gasteiger partial charge in [-0.25, -0.2) is 9.78 Å². The summed E-state index contributed by atoms with van der Waals surface area (Å²) in [5.41, 5.74) is 7.40. The average Bonchev–Trinajstić information content (AvgIpc) is 3.81. The maximum Gasteiger partial charge on any atom is 0.335 e. The highest BCUT2D eigenvalue weighted by Crippen LogP contribution is 2.41. The molecule has 3 heterocycles. The van der Waals surface area contributed by atoms with E-state index in [-0.39, 0.29) is 17.6 Å². The second-order valence-electron chi connectivity index (χ2n) is 12.4. The van der Waals surface area contributed by atoms with E-state index in [9.17, 15) is 14.7 Å². The van der Waals surface area contributed by atoms with Crippen molar-refractivity contribution < 1.29 is 19.4 Å². The van der Waals surface area contributed by atoms with Crippen molar-refractivity contribution in [3.8, 4) is 0 Å². The first-order chi connectivity index (χ1) is 21.3. The number of rotatable bonds is 9. The number of imidazole rings is 1. The first-order valence-corrected chi connectivity index (χ1v) is 15.6. The summed E-state index contributed by atoms with van der Waals surface area (Å²) in [5.74, 6) is 0.729. The molecule has 1 amide bonds. The third-order valence-corrected chi connectivity index (χ3v) is 9.39. The van der Waals surface area contributed by atoms with Crippen LogP contribution in [0.2, 0.25) is 0 Å². The summed E-state index contributed by atoms with van der Waals surface area (Å²) in [6.45, 7) is 6.95. The lowest BCUT2D eigenvalue weighted by molar-refractivity contribution is -0.0592. The molecule has 3 fully saturated rings. The number of carbonyl (C=O) groups excluding carboxylic acids is 1. The van der Waals surface area contributed by atoms with Crippen LogP contribution in [0.15, 0.2) is 60.7 Å². The van der Waals surface area contributed by atoms with Gasteiger partial charge in [-0.1, -0.05) is 18.2 Å². The van der Waals surface area contributed by atoms with Crippen molar-refractivity contribution in [1.29, 1.82) is 0 Å². The molecule has 1 N–H and O–H groups in total.